The van der Waals surface area contributed by atoms with Crippen molar-refractivity contribution in [3.8, 4) is 0 Å². The van der Waals surface area contributed by atoms with Crippen LogP contribution in [0.1, 0.15) is 77.6 Å². The topological polar surface area (TPSA) is 46.6 Å². The summed E-state index contributed by atoms with van der Waals surface area (Å²) in [6, 6.07) is 0. The normalized spacial score (nSPS) is 33.6. The second-order valence-electron chi connectivity index (χ2n) is 8.11. The van der Waals surface area contributed by atoms with Crippen LogP contribution >= 0.6 is 0 Å². The number of piperidine rings is 1. The summed E-state index contributed by atoms with van der Waals surface area (Å²) in [7, 11) is 0. The van der Waals surface area contributed by atoms with Gasteiger partial charge in [0.2, 0.25) is 5.91 Å². The van der Waals surface area contributed by atoms with Crippen molar-refractivity contribution in [1.29, 1.82) is 0 Å². The largest absolute Gasteiger partial charge is 0.462 e. The van der Waals surface area contributed by atoms with Crippen LogP contribution in [0, 0.1) is 17.8 Å². The van der Waals surface area contributed by atoms with Crippen molar-refractivity contribution < 1.29 is 14.3 Å². The minimum Gasteiger partial charge on any atom is -0.462 e. The van der Waals surface area contributed by atoms with E-state index in [-0.39, 0.29) is 23.9 Å². The number of esters is 1. The highest BCUT2D eigenvalue weighted by atomic mass is 16.5. The summed E-state index contributed by atoms with van der Waals surface area (Å²) in [5.41, 5.74) is 0. The van der Waals surface area contributed by atoms with E-state index >= 15 is 0 Å². The number of rotatable bonds is 4. The Bertz CT molecular complexity index is 450. The van der Waals surface area contributed by atoms with Crippen molar-refractivity contribution in [3.05, 3.63) is 0 Å². The molecule has 1 saturated heterocycles. The van der Waals surface area contributed by atoms with Crippen molar-refractivity contribution in [3.63, 3.8) is 0 Å². The van der Waals surface area contributed by atoms with Gasteiger partial charge in [0.25, 0.3) is 0 Å². The van der Waals surface area contributed by atoms with Gasteiger partial charge >= 0.3 is 5.97 Å². The van der Waals surface area contributed by atoms with Gasteiger partial charge in [-0.25, -0.2) is 0 Å². The van der Waals surface area contributed by atoms with Gasteiger partial charge in [-0.15, -0.1) is 0 Å². The Hall–Kier alpha value is -1.06. The average molecular weight is 335 g/mol. The first-order valence-corrected chi connectivity index (χ1v) is 10.2. The number of hydrogen-bond donors (Lipinski definition) is 0. The van der Waals surface area contributed by atoms with E-state index in [1.165, 1.54) is 32.1 Å². The van der Waals surface area contributed by atoms with Gasteiger partial charge in [0.15, 0.2) is 0 Å². The predicted octanol–water partition coefficient (Wildman–Crippen LogP) is 3.93. The lowest BCUT2D eigenvalue weighted by atomic mass is 9.70. The summed E-state index contributed by atoms with van der Waals surface area (Å²) < 4.78 is 5.89. The highest BCUT2D eigenvalue weighted by Crippen LogP contribution is 2.41. The Morgan fingerprint density at radius 3 is 2.58 bits per heavy atom. The fourth-order valence-corrected chi connectivity index (χ4v) is 4.97. The van der Waals surface area contributed by atoms with Gasteiger partial charge in [0.1, 0.15) is 6.10 Å². The second kappa shape index (κ2) is 8.35. The molecule has 2 saturated carbocycles. The molecule has 0 aromatic heterocycles. The molecule has 0 bridgehead atoms. The lowest BCUT2D eigenvalue weighted by Gasteiger charge is -2.39. The highest BCUT2D eigenvalue weighted by Gasteiger charge is 2.36. The number of carbonyl (C=O) groups is 2. The number of fused-ring (bicyclic) bond motifs is 1. The molecule has 0 aromatic rings. The van der Waals surface area contributed by atoms with Gasteiger partial charge in [-0.05, 0) is 50.4 Å². The molecule has 1 heterocycles. The molecule has 2 aliphatic carbocycles. The first-order valence-electron chi connectivity index (χ1n) is 10.2. The summed E-state index contributed by atoms with van der Waals surface area (Å²) in [6.45, 7) is 3.39. The third-order valence-corrected chi connectivity index (χ3v) is 6.35. The third kappa shape index (κ3) is 4.31. The van der Waals surface area contributed by atoms with Crippen molar-refractivity contribution in [2.24, 2.45) is 17.8 Å². The molecule has 3 fully saturated rings. The zero-order valence-corrected chi connectivity index (χ0v) is 15.2. The Morgan fingerprint density at radius 2 is 1.79 bits per heavy atom. The highest BCUT2D eigenvalue weighted by molar-refractivity contribution is 5.78. The molecule has 136 valence electrons. The summed E-state index contributed by atoms with van der Waals surface area (Å²) in [6.07, 6.45) is 12.1. The van der Waals surface area contributed by atoms with E-state index < -0.39 is 0 Å². The van der Waals surface area contributed by atoms with E-state index in [1.807, 2.05) is 11.8 Å². The third-order valence-electron chi connectivity index (χ3n) is 6.35. The van der Waals surface area contributed by atoms with E-state index in [0.29, 0.717) is 13.0 Å². The van der Waals surface area contributed by atoms with Crippen LogP contribution in [0.5, 0.6) is 0 Å². The molecule has 4 nitrogen and oxygen atoms in total. The van der Waals surface area contributed by atoms with Crippen LogP contribution < -0.4 is 0 Å². The molecule has 3 aliphatic rings. The fourth-order valence-electron chi connectivity index (χ4n) is 4.97. The van der Waals surface area contributed by atoms with Gasteiger partial charge in [-0.1, -0.05) is 32.6 Å². The zero-order valence-electron chi connectivity index (χ0n) is 15.2. The number of carbonyl (C=O) groups excluding carboxylic acids is 2. The van der Waals surface area contributed by atoms with Crippen LogP contribution in [-0.2, 0) is 14.3 Å². The van der Waals surface area contributed by atoms with E-state index in [4.69, 9.17) is 4.74 Å². The smallest absolute Gasteiger partial charge is 0.311 e. The molecular formula is C20H33NO3. The summed E-state index contributed by atoms with van der Waals surface area (Å²) >= 11 is 0. The van der Waals surface area contributed by atoms with E-state index in [2.05, 4.69) is 0 Å². The molecule has 1 aliphatic heterocycles. The maximum Gasteiger partial charge on any atom is 0.311 e. The van der Waals surface area contributed by atoms with Crippen LogP contribution in [0.3, 0.4) is 0 Å². The van der Waals surface area contributed by atoms with Gasteiger partial charge < -0.3 is 9.64 Å². The fraction of sp³-hybridized carbons (Fsp3) is 0.900. The monoisotopic (exact) mass is 335 g/mol. The number of likely N-dealkylation sites (tertiary alicyclic amines) is 1. The Labute approximate surface area is 146 Å². The summed E-state index contributed by atoms with van der Waals surface area (Å²) in [5, 5.41) is 0. The van der Waals surface area contributed by atoms with Crippen molar-refractivity contribution in [1.82, 2.24) is 4.90 Å². The standard InChI is InChI=1S/C20H33NO3/c1-2-6-19(22)21-12-5-9-17(14-21)20(23)24-18-11-10-15-7-3-4-8-16(15)13-18/h15-18H,2-14H2,1H3. The summed E-state index contributed by atoms with van der Waals surface area (Å²) in [4.78, 5) is 26.6. The Morgan fingerprint density at radius 1 is 1.00 bits per heavy atom. The minimum atomic E-state index is -0.108. The SMILES string of the molecule is CCCC(=O)N1CCCC(C(=O)OC2CCC3CCCCC3C2)C1. The average Bonchev–Trinajstić information content (AvgIpc) is 2.62. The number of nitrogens with zero attached hydrogens (tertiary/aromatic N) is 1. The van der Waals surface area contributed by atoms with E-state index in [9.17, 15) is 9.59 Å². The van der Waals surface area contributed by atoms with Gasteiger partial charge in [0, 0.05) is 19.5 Å². The molecule has 4 atom stereocenters. The molecule has 0 spiro atoms. The van der Waals surface area contributed by atoms with Crippen molar-refractivity contribution in [2.75, 3.05) is 13.1 Å². The Kier molecular flexibility index (Phi) is 6.18. The first kappa shape index (κ1) is 17.8. The Balaban J connectivity index is 1.48. The van der Waals surface area contributed by atoms with Crippen molar-refractivity contribution >= 4 is 11.9 Å². The van der Waals surface area contributed by atoms with Crippen LogP contribution in [0.4, 0.5) is 0 Å². The van der Waals surface area contributed by atoms with Crippen molar-refractivity contribution in [2.45, 2.75) is 83.7 Å². The molecule has 3 rings (SSSR count). The molecule has 1 amide bonds. The number of hydrogen-bond acceptors (Lipinski definition) is 3. The number of ether oxygens (including phenoxy) is 1. The predicted molar refractivity (Wildman–Crippen MR) is 93.4 cm³/mol. The number of amides is 1. The van der Waals surface area contributed by atoms with E-state index in [0.717, 1.165) is 50.5 Å². The molecule has 0 N–H and O–H groups in total. The van der Waals surface area contributed by atoms with Crippen LogP contribution in [0.15, 0.2) is 0 Å². The molecule has 0 aromatic carbocycles. The molecule has 24 heavy (non-hydrogen) atoms. The maximum absolute atomic E-state index is 12.6. The quantitative estimate of drug-likeness (QED) is 0.731. The minimum absolute atomic E-state index is 0.0525. The zero-order chi connectivity index (χ0) is 16.9. The molecule has 0 radical (unpaired) electrons. The second-order valence-corrected chi connectivity index (χ2v) is 8.11. The van der Waals surface area contributed by atoms with Gasteiger partial charge in [0.05, 0.1) is 5.92 Å². The first-order chi connectivity index (χ1) is 11.7. The molecular weight excluding hydrogens is 302 g/mol. The van der Waals surface area contributed by atoms with Gasteiger partial charge in [-0.3, -0.25) is 9.59 Å². The summed E-state index contributed by atoms with van der Waals surface area (Å²) in [5.74, 6) is 1.69. The van der Waals surface area contributed by atoms with E-state index in [1.54, 1.807) is 0 Å². The lowest BCUT2D eigenvalue weighted by Crippen LogP contribution is -2.43. The molecule has 4 heteroatoms. The van der Waals surface area contributed by atoms with Crippen LogP contribution in [0.2, 0.25) is 0 Å². The van der Waals surface area contributed by atoms with Crippen LogP contribution in [-0.4, -0.2) is 36.0 Å². The van der Waals surface area contributed by atoms with Gasteiger partial charge in [-0.2, -0.15) is 0 Å². The molecule has 4 unspecified atom stereocenters. The maximum atomic E-state index is 12.6. The lowest BCUT2D eigenvalue weighted by molar-refractivity contribution is -0.160. The van der Waals surface area contributed by atoms with Crippen LogP contribution in [0.25, 0.3) is 0 Å².